The lowest BCUT2D eigenvalue weighted by atomic mass is 10.1. The summed E-state index contributed by atoms with van der Waals surface area (Å²) >= 11 is 8.85. The molecule has 0 saturated heterocycles. The van der Waals surface area contributed by atoms with Gasteiger partial charge >= 0.3 is 0 Å². The second-order valence-electron chi connectivity index (χ2n) is 4.98. The number of carbonyl (C=O) groups is 1. The molecule has 122 valence electrons. The number of thioether (sulfide) groups is 1. The Labute approximate surface area is 152 Å². The molecule has 4 nitrogen and oxygen atoms in total. The van der Waals surface area contributed by atoms with Crippen molar-refractivity contribution in [1.29, 1.82) is 0 Å². The fourth-order valence-corrected chi connectivity index (χ4v) is 3.96. The number of aromatic nitrogens is 1. The number of amides is 1. The van der Waals surface area contributed by atoms with Crippen LogP contribution in [0.4, 0.5) is 0 Å². The molecule has 3 rings (SSSR count). The van der Waals surface area contributed by atoms with Gasteiger partial charge in [-0.2, -0.15) is 5.10 Å². The third-order valence-corrected chi connectivity index (χ3v) is 5.64. The fraction of sp³-hybridized carbons (Fsp3) is 0.118. The van der Waals surface area contributed by atoms with E-state index < -0.39 is 0 Å². The van der Waals surface area contributed by atoms with Gasteiger partial charge in [0.15, 0.2) is 4.34 Å². The van der Waals surface area contributed by atoms with Crippen LogP contribution in [0.15, 0.2) is 58.0 Å². The van der Waals surface area contributed by atoms with Crippen LogP contribution in [0.3, 0.4) is 0 Å². The fourth-order valence-electron chi connectivity index (χ4n) is 1.97. The van der Waals surface area contributed by atoms with E-state index in [0.717, 1.165) is 25.8 Å². The van der Waals surface area contributed by atoms with Crippen molar-refractivity contribution in [2.24, 2.45) is 5.10 Å². The van der Waals surface area contributed by atoms with Gasteiger partial charge in [-0.1, -0.05) is 47.6 Å². The van der Waals surface area contributed by atoms with E-state index >= 15 is 0 Å². The number of thiazole rings is 1. The molecule has 1 N–H and O–H groups in total. The Kier molecular flexibility index (Phi) is 5.50. The first-order valence-corrected chi connectivity index (χ1v) is 9.37. The van der Waals surface area contributed by atoms with Crippen LogP contribution in [0.25, 0.3) is 10.2 Å². The number of nitrogens with one attached hydrogen (secondary N) is 1. The van der Waals surface area contributed by atoms with Gasteiger partial charge in [0.1, 0.15) is 0 Å². The van der Waals surface area contributed by atoms with E-state index in [1.54, 1.807) is 23.5 Å². The van der Waals surface area contributed by atoms with E-state index in [0.29, 0.717) is 5.02 Å². The number of hydrazone groups is 1. The molecule has 0 bridgehead atoms. The van der Waals surface area contributed by atoms with Gasteiger partial charge in [-0.25, -0.2) is 10.4 Å². The normalized spacial score (nSPS) is 11.7. The van der Waals surface area contributed by atoms with Gasteiger partial charge in [0.05, 0.1) is 21.7 Å². The summed E-state index contributed by atoms with van der Waals surface area (Å²) in [5, 5.41) is 4.79. The number of benzene rings is 2. The Bertz CT molecular complexity index is 857. The number of carbonyl (C=O) groups excluding carboxylic acids is 1. The summed E-state index contributed by atoms with van der Waals surface area (Å²) in [6, 6.07) is 15.2. The number of nitrogens with zero attached hydrogens (tertiary/aromatic N) is 2. The zero-order valence-corrected chi connectivity index (χ0v) is 15.2. The lowest BCUT2D eigenvalue weighted by molar-refractivity contribution is -0.118. The first kappa shape index (κ1) is 17.0. The molecular formula is C17H14ClN3OS2. The van der Waals surface area contributed by atoms with Crippen molar-refractivity contribution in [3.8, 4) is 0 Å². The number of para-hydroxylation sites is 1. The predicted molar refractivity (Wildman–Crippen MR) is 102 cm³/mol. The molecule has 3 aromatic rings. The maximum absolute atomic E-state index is 11.9. The molecule has 1 aromatic heterocycles. The summed E-state index contributed by atoms with van der Waals surface area (Å²) in [6.45, 7) is 1.84. The highest BCUT2D eigenvalue weighted by molar-refractivity contribution is 8.01. The van der Waals surface area contributed by atoms with E-state index in [1.807, 2.05) is 43.3 Å². The Morgan fingerprint density at radius 3 is 2.75 bits per heavy atom. The molecule has 0 aliphatic carbocycles. The van der Waals surface area contributed by atoms with Crippen molar-refractivity contribution >= 4 is 56.5 Å². The van der Waals surface area contributed by atoms with Crippen molar-refractivity contribution < 1.29 is 4.79 Å². The van der Waals surface area contributed by atoms with Gasteiger partial charge < -0.3 is 0 Å². The Morgan fingerprint density at radius 1 is 1.25 bits per heavy atom. The molecule has 0 aliphatic heterocycles. The van der Waals surface area contributed by atoms with Gasteiger partial charge in [-0.3, -0.25) is 4.79 Å². The third kappa shape index (κ3) is 4.35. The van der Waals surface area contributed by atoms with E-state index in [9.17, 15) is 4.79 Å². The molecule has 24 heavy (non-hydrogen) atoms. The van der Waals surface area contributed by atoms with E-state index in [-0.39, 0.29) is 11.7 Å². The third-order valence-electron chi connectivity index (χ3n) is 3.21. The summed E-state index contributed by atoms with van der Waals surface area (Å²) in [5.41, 5.74) is 5.17. The second kappa shape index (κ2) is 7.79. The van der Waals surface area contributed by atoms with Crippen LogP contribution in [0.2, 0.25) is 5.02 Å². The van der Waals surface area contributed by atoms with E-state index in [1.165, 1.54) is 11.8 Å². The molecular weight excluding hydrogens is 362 g/mol. The molecule has 0 atom stereocenters. The quantitative estimate of drug-likeness (QED) is 0.403. The second-order valence-corrected chi connectivity index (χ2v) is 7.66. The summed E-state index contributed by atoms with van der Waals surface area (Å²) in [7, 11) is 0. The SMILES string of the molecule is C/C(=N/NC(=O)CSc1nc2ccccc2s1)c1ccc(Cl)cc1. The van der Waals surface area contributed by atoms with Crippen LogP contribution < -0.4 is 5.43 Å². The number of hydrogen-bond acceptors (Lipinski definition) is 5. The lowest BCUT2D eigenvalue weighted by Gasteiger charge is -2.02. The number of rotatable bonds is 5. The molecule has 1 heterocycles. The van der Waals surface area contributed by atoms with Crippen LogP contribution in [0, 0.1) is 0 Å². The Hall–Kier alpha value is -1.89. The molecule has 0 radical (unpaired) electrons. The minimum absolute atomic E-state index is 0.160. The summed E-state index contributed by atoms with van der Waals surface area (Å²) in [6.07, 6.45) is 0. The van der Waals surface area contributed by atoms with Crippen LogP contribution in [-0.2, 0) is 4.79 Å². The molecule has 0 spiro atoms. The first-order chi connectivity index (χ1) is 11.6. The monoisotopic (exact) mass is 375 g/mol. The van der Waals surface area contributed by atoms with Crippen LogP contribution in [-0.4, -0.2) is 22.4 Å². The first-order valence-electron chi connectivity index (χ1n) is 7.19. The highest BCUT2D eigenvalue weighted by Gasteiger charge is 2.07. The highest BCUT2D eigenvalue weighted by atomic mass is 35.5. The Morgan fingerprint density at radius 2 is 2.00 bits per heavy atom. The van der Waals surface area contributed by atoms with Crippen molar-refractivity contribution in [3.63, 3.8) is 0 Å². The van der Waals surface area contributed by atoms with Gasteiger partial charge in [0, 0.05) is 5.02 Å². The lowest BCUT2D eigenvalue weighted by Crippen LogP contribution is -2.21. The molecule has 0 aliphatic rings. The van der Waals surface area contributed by atoms with E-state index in [4.69, 9.17) is 11.6 Å². The smallest absolute Gasteiger partial charge is 0.250 e. The van der Waals surface area contributed by atoms with Gasteiger partial charge in [-0.15, -0.1) is 11.3 Å². The van der Waals surface area contributed by atoms with Crippen LogP contribution in [0.1, 0.15) is 12.5 Å². The Balaban J connectivity index is 1.55. The average Bonchev–Trinajstić information content (AvgIpc) is 3.01. The average molecular weight is 376 g/mol. The molecule has 7 heteroatoms. The van der Waals surface area contributed by atoms with Gasteiger partial charge in [0.2, 0.25) is 0 Å². The van der Waals surface area contributed by atoms with Crippen molar-refractivity contribution in [3.05, 3.63) is 59.1 Å². The maximum atomic E-state index is 11.9. The zero-order valence-electron chi connectivity index (χ0n) is 12.8. The number of fused-ring (bicyclic) bond motifs is 1. The summed E-state index contributed by atoms with van der Waals surface area (Å²) in [4.78, 5) is 16.4. The van der Waals surface area contributed by atoms with Crippen molar-refractivity contribution in [2.75, 3.05) is 5.75 Å². The minimum atomic E-state index is -0.160. The van der Waals surface area contributed by atoms with Crippen molar-refractivity contribution in [2.45, 2.75) is 11.3 Å². The van der Waals surface area contributed by atoms with Gasteiger partial charge in [0.25, 0.3) is 5.91 Å². The standard InChI is InChI=1S/C17H14ClN3OS2/c1-11(12-6-8-13(18)9-7-12)20-21-16(22)10-23-17-19-14-4-2-3-5-15(14)24-17/h2-9H,10H2,1H3,(H,21,22)/b20-11-. The summed E-state index contributed by atoms with van der Waals surface area (Å²) < 4.78 is 2.00. The van der Waals surface area contributed by atoms with Gasteiger partial charge in [-0.05, 0) is 36.8 Å². The number of halogens is 1. The molecule has 2 aromatic carbocycles. The van der Waals surface area contributed by atoms with Crippen LogP contribution in [0.5, 0.6) is 0 Å². The molecule has 0 saturated carbocycles. The zero-order chi connectivity index (χ0) is 16.9. The van der Waals surface area contributed by atoms with E-state index in [2.05, 4.69) is 15.5 Å². The maximum Gasteiger partial charge on any atom is 0.250 e. The predicted octanol–water partition coefficient (Wildman–Crippen LogP) is 4.58. The van der Waals surface area contributed by atoms with Crippen molar-refractivity contribution in [1.82, 2.24) is 10.4 Å². The molecule has 1 amide bonds. The topological polar surface area (TPSA) is 54.4 Å². The molecule has 0 unspecified atom stereocenters. The largest absolute Gasteiger partial charge is 0.272 e. The summed E-state index contributed by atoms with van der Waals surface area (Å²) in [5.74, 6) is 0.115. The minimum Gasteiger partial charge on any atom is -0.272 e. The van der Waals surface area contributed by atoms with Crippen LogP contribution >= 0.6 is 34.7 Å². The number of hydrogen-bond donors (Lipinski definition) is 1. The highest BCUT2D eigenvalue weighted by Crippen LogP contribution is 2.28. The molecule has 0 fully saturated rings.